The van der Waals surface area contributed by atoms with Crippen LogP contribution in [0.25, 0.3) is 0 Å². The first-order valence-electron chi connectivity index (χ1n) is 23.4. The number of unbranched alkanes of at least 4 members (excludes halogenated alkanes) is 19. The van der Waals surface area contributed by atoms with Crippen LogP contribution in [0.3, 0.4) is 0 Å². The van der Waals surface area contributed by atoms with Gasteiger partial charge < -0.3 is 11.5 Å². The van der Waals surface area contributed by atoms with Crippen LogP contribution in [0.2, 0.25) is 0 Å². The minimum absolute atomic E-state index is 0.845. The molecule has 0 bridgehead atoms. The second-order valence-corrected chi connectivity index (χ2v) is 17.1. The second kappa shape index (κ2) is 28.0. The van der Waals surface area contributed by atoms with E-state index in [0.29, 0.717) is 0 Å². The first kappa shape index (κ1) is 45.2. The van der Waals surface area contributed by atoms with Crippen molar-refractivity contribution in [1.82, 2.24) is 0 Å². The van der Waals surface area contributed by atoms with Gasteiger partial charge in [-0.1, -0.05) is 190 Å². The Kier molecular flexibility index (Phi) is 22.6. The summed E-state index contributed by atoms with van der Waals surface area (Å²) in [5, 5.41) is 0. The third-order valence-electron chi connectivity index (χ3n) is 12.1. The van der Waals surface area contributed by atoms with E-state index < -0.39 is 0 Å². The van der Waals surface area contributed by atoms with E-state index in [1.807, 2.05) is 24.3 Å². The predicted molar refractivity (Wildman–Crippen MR) is 248 cm³/mol. The molecular formula is C54H80N2. The van der Waals surface area contributed by atoms with Crippen molar-refractivity contribution in [1.29, 1.82) is 0 Å². The highest BCUT2D eigenvalue weighted by atomic mass is 14.5. The highest BCUT2D eigenvalue weighted by molar-refractivity contribution is 5.43. The summed E-state index contributed by atoms with van der Waals surface area (Å²) in [4.78, 5) is 0. The number of hydrogen-bond donors (Lipinski definition) is 2. The van der Waals surface area contributed by atoms with Crippen molar-refractivity contribution >= 4 is 11.4 Å². The Labute approximate surface area is 344 Å². The van der Waals surface area contributed by atoms with E-state index in [4.69, 9.17) is 11.5 Å². The summed E-state index contributed by atoms with van der Waals surface area (Å²) in [5.74, 6) is 0. The highest BCUT2D eigenvalue weighted by Crippen LogP contribution is 2.24. The van der Waals surface area contributed by atoms with Crippen LogP contribution in [0.1, 0.15) is 200 Å². The van der Waals surface area contributed by atoms with Gasteiger partial charge in [-0.3, -0.25) is 0 Å². The molecule has 0 radical (unpaired) electrons. The molecule has 4 aromatic rings. The molecule has 2 heteroatoms. The quantitative estimate of drug-likeness (QED) is 0.0397. The van der Waals surface area contributed by atoms with Crippen molar-refractivity contribution in [2.75, 3.05) is 11.5 Å². The molecule has 0 aliphatic heterocycles. The Morgan fingerprint density at radius 2 is 0.571 bits per heavy atom. The predicted octanol–water partition coefficient (Wildman–Crippen LogP) is 15.5. The van der Waals surface area contributed by atoms with Crippen molar-refractivity contribution in [2.24, 2.45) is 0 Å². The molecule has 0 aromatic heterocycles. The lowest BCUT2D eigenvalue weighted by Crippen LogP contribution is -1.99. The van der Waals surface area contributed by atoms with Crippen LogP contribution in [0.5, 0.6) is 0 Å². The Morgan fingerprint density at radius 1 is 0.286 bits per heavy atom. The zero-order valence-electron chi connectivity index (χ0n) is 36.0. The number of rotatable bonds is 31. The average molecular weight is 757 g/mol. The molecule has 0 fully saturated rings. The molecule has 4 N–H and O–H groups in total. The lowest BCUT2D eigenvalue weighted by atomic mass is 9.93. The van der Waals surface area contributed by atoms with Crippen LogP contribution in [0.4, 0.5) is 11.4 Å². The molecule has 2 nitrogen and oxygen atoms in total. The van der Waals surface area contributed by atoms with Crippen LogP contribution < -0.4 is 11.5 Å². The normalized spacial score (nSPS) is 11.4. The zero-order chi connectivity index (χ0) is 39.5. The van der Waals surface area contributed by atoms with Gasteiger partial charge in [0.1, 0.15) is 0 Å². The average Bonchev–Trinajstić information content (AvgIpc) is 3.21. The van der Waals surface area contributed by atoms with Crippen molar-refractivity contribution < 1.29 is 0 Å². The van der Waals surface area contributed by atoms with Crippen LogP contribution in [0, 0.1) is 0 Å². The fourth-order valence-electron chi connectivity index (χ4n) is 8.45. The number of nitrogens with two attached hydrogens (primary N) is 2. The smallest absolute Gasteiger partial charge is 0.0314 e. The van der Waals surface area contributed by atoms with E-state index in [0.717, 1.165) is 24.2 Å². The Bertz CT molecular complexity index is 1460. The summed E-state index contributed by atoms with van der Waals surface area (Å²) < 4.78 is 0. The van der Waals surface area contributed by atoms with Gasteiger partial charge in [0.15, 0.2) is 0 Å². The summed E-state index contributed by atoms with van der Waals surface area (Å²) >= 11 is 0. The third kappa shape index (κ3) is 18.6. The van der Waals surface area contributed by atoms with Crippen molar-refractivity contribution in [3.8, 4) is 0 Å². The molecule has 306 valence electrons. The van der Waals surface area contributed by atoms with Crippen LogP contribution in [0.15, 0.2) is 84.9 Å². The van der Waals surface area contributed by atoms with E-state index >= 15 is 0 Å². The number of aryl methyl sites for hydroxylation is 4. The molecule has 4 aromatic carbocycles. The minimum atomic E-state index is 0.845. The Morgan fingerprint density at radius 3 is 0.893 bits per heavy atom. The molecule has 56 heavy (non-hydrogen) atoms. The molecule has 0 aliphatic rings. The molecule has 0 unspecified atom stereocenters. The van der Waals surface area contributed by atoms with Gasteiger partial charge in [0, 0.05) is 11.4 Å². The van der Waals surface area contributed by atoms with Gasteiger partial charge in [-0.25, -0.2) is 0 Å². The maximum Gasteiger partial charge on any atom is 0.0314 e. The Balaban J connectivity index is 0.973. The third-order valence-corrected chi connectivity index (χ3v) is 12.1. The van der Waals surface area contributed by atoms with Gasteiger partial charge in [0.05, 0.1) is 0 Å². The highest BCUT2D eigenvalue weighted by Gasteiger charge is 2.08. The van der Waals surface area contributed by atoms with Gasteiger partial charge in [0.25, 0.3) is 0 Å². The first-order chi connectivity index (χ1) is 27.5. The van der Waals surface area contributed by atoms with E-state index in [9.17, 15) is 0 Å². The van der Waals surface area contributed by atoms with Crippen LogP contribution >= 0.6 is 0 Å². The molecule has 4 rings (SSSR count). The monoisotopic (exact) mass is 757 g/mol. The lowest BCUT2D eigenvalue weighted by Gasteiger charge is -2.13. The Hall–Kier alpha value is -3.52. The molecule has 0 saturated carbocycles. The van der Waals surface area contributed by atoms with E-state index in [1.54, 1.807) is 11.1 Å². The molecule has 0 heterocycles. The molecule has 0 aliphatic carbocycles. The minimum Gasteiger partial charge on any atom is -0.399 e. The number of hydrogen-bond acceptors (Lipinski definition) is 2. The van der Waals surface area contributed by atoms with Gasteiger partial charge in [-0.15, -0.1) is 0 Å². The molecule has 0 amide bonds. The number of anilines is 2. The molecule has 0 saturated heterocycles. The van der Waals surface area contributed by atoms with Gasteiger partial charge in [-0.2, -0.15) is 0 Å². The summed E-state index contributed by atoms with van der Waals surface area (Å²) in [6.45, 7) is 4.60. The number of benzene rings is 4. The van der Waals surface area contributed by atoms with Crippen molar-refractivity contribution in [3.63, 3.8) is 0 Å². The molecule has 0 atom stereocenters. The summed E-state index contributed by atoms with van der Waals surface area (Å²) in [6.07, 6.45) is 37.1. The molecule has 0 spiro atoms. The SMILES string of the molecule is CCCCCc1cc(CCCCCCCCCCCCCCCCCCc2ccc(Cc3ccc(N)cc3)c(CCCCC)c2)ccc1Cc1ccc(N)cc1. The van der Waals surface area contributed by atoms with Gasteiger partial charge in [0.2, 0.25) is 0 Å². The second-order valence-electron chi connectivity index (χ2n) is 17.1. The largest absolute Gasteiger partial charge is 0.399 e. The summed E-state index contributed by atoms with van der Waals surface area (Å²) in [5.41, 5.74) is 25.4. The van der Waals surface area contributed by atoms with E-state index in [1.165, 1.54) is 200 Å². The van der Waals surface area contributed by atoms with Crippen molar-refractivity contribution in [3.05, 3.63) is 129 Å². The maximum atomic E-state index is 5.92. The fourth-order valence-corrected chi connectivity index (χ4v) is 8.45. The summed E-state index contributed by atoms with van der Waals surface area (Å²) in [7, 11) is 0. The van der Waals surface area contributed by atoms with Crippen molar-refractivity contribution in [2.45, 2.75) is 194 Å². The molecular weight excluding hydrogens is 677 g/mol. The van der Waals surface area contributed by atoms with Gasteiger partial charge >= 0.3 is 0 Å². The number of nitrogen functional groups attached to an aromatic ring is 2. The topological polar surface area (TPSA) is 52.0 Å². The van der Waals surface area contributed by atoms with Crippen LogP contribution in [-0.2, 0) is 38.5 Å². The van der Waals surface area contributed by atoms with Gasteiger partial charge in [-0.05, 0) is 133 Å². The fraction of sp³-hybridized carbons (Fsp3) is 0.556. The van der Waals surface area contributed by atoms with E-state index in [-0.39, 0.29) is 0 Å². The van der Waals surface area contributed by atoms with E-state index in [2.05, 4.69) is 74.5 Å². The first-order valence-corrected chi connectivity index (χ1v) is 23.4. The lowest BCUT2D eigenvalue weighted by molar-refractivity contribution is 0.528. The standard InChI is InChI=1S/C54H80N2/c1-3-5-21-27-49-41-45(29-35-51(49)43-47-31-37-53(55)38-32-47)25-23-19-17-15-13-11-9-7-8-10-12-14-16-18-20-24-26-46-30-36-52(50(42-46)28-22-6-4-2)44-48-33-39-54(56)40-34-48/h29-42H,3-28,43-44,55-56H2,1-2H3. The maximum absolute atomic E-state index is 5.92. The summed E-state index contributed by atoms with van der Waals surface area (Å²) in [6, 6.07) is 31.5. The van der Waals surface area contributed by atoms with Crippen LogP contribution in [-0.4, -0.2) is 0 Å². The zero-order valence-corrected chi connectivity index (χ0v) is 36.0.